The summed E-state index contributed by atoms with van der Waals surface area (Å²) in [5, 5.41) is 3.45. The number of thioether (sulfide) groups is 1. The Balaban J connectivity index is 1.88. The van der Waals surface area contributed by atoms with Crippen molar-refractivity contribution in [1.82, 2.24) is 0 Å². The molecule has 1 aliphatic carbocycles. The van der Waals surface area contributed by atoms with Crippen LogP contribution in [-0.4, -0.2) is 5.78 Å². The van der Waals surface area contributed by atoms with Gasteiger partial charge in [0.05, 0.1) is 17.2 Å². The van der Waals surface area contributed by atoms with E-state index in [-0.39, 0.29) is 16.4 Å². The summed E-state index contributed by atoms with van der Waals surface area (Å²) in [5.41, 5.74) is 2.98. The average Bonchev–Trinajstić information content (AvgIpc) is 2.95. The molecule has 0 bridgehead atoms. The standard InChI is InChI=1S/C19H19NO2S/c1-19(2)10-13-17(14(21)11-19)18(15-7-5-9-22-15)23-16-8-4-3-6-12(16)20-13/h3-9,18,20H,10-11H2,1-2H3. The van der Waals surface area contributed by atoms with E-state index < -0.39 is 0 Å². The molecular weight excluding hydrogens is 306 g/mol. The molecule has 1 aromatic carbocycles. The van der Waals surface area contributed by atoms with Crippen LogP contribution in [0.3, 0.4) is 0 Å². The van der Waals surface area contributed by atoms with Gasteiger partial charge in [-0.3, -0.25) is 4.79 Å². The molecule has 2 aliphatic rings. The second-order valence-corrected chi connectivity index (χ2v) is 8.11. The molecule has 118 valence electrons. The van der Waals surface area contributed by atoms with Gasteiger partial charge in [0.2, 0.25) is 0 Å². The number of furan rings is 1. The minimum atomic E-state index is -0.0836. The number of nitrogens with one attached hydrogen (secondary N) is 1. The first-order valence-corrected chi connectivity index (χ1v) is 8.74. The Morgan fingerprint density at radius 1 is 1.17 bits per heavy atom. The summed E-state index contributed by atoms with van der Waals surface area (Å²) in [6.45, 7) is 4.31. The molecule has 1 unspecified atom stereocenters. The molecule has 4 heteroatoms. The van der Waals surface area contributed by atoms with Crippen molar-refractivity contribution < 1.29 is 9.21 Å². The molecular formula is C19H19NO2S. The zero-order valence-corrected chi connectivity index (χ0v) is 14.1. The van der Waals surface area contributed by atoms with Gasteiger partial charge in [-0.2, -0.15) is 0 Å². The lowest BCUT2D eigenvalue weighted by atomic mass is 9.75. The first-order chi connectivity index (χ1) is 11.0. The van der Waals surface area contributed by atoms with Crippen molar-refractivity contribution in [3.05, 3.63) is 59.7 Å². The van der Waals surface area contributed by atoms with Crippen molar-refractivity contribution >= 4 is 23.2 Å². The number of carbonyl (C=O) groups excluding carboxylic acids is 1. The highest BCUT2D eigenvalue weighted by molar-refractivity contribution is 8.00. The molecule has 1 atom stereocenters. The van der Waals surface area contributed by atoms with Crippen LogP contribution in [0.5, 0.6) is 0 Å². The molecule has 0 fully saturated rings. The molecule has 0 saturated carbocycles. The van der Waals surface area contributed by atoms with Gasteiger partial charge < -0.3 is 9.73 Å². The summed E-state index contributed by atoms with van der Waals surface area (Å²) in [5.74, 6) is 1.07. The van der Waals surface area contributed by atoms with Crippen molar-refractivity contribution in [3.8, 4) is 0 Å². The maximum Gasteiger partial charge on any atom is 0.162 e. The van der Waals surface area contributed by atoms with E-state index in [1.54, 1.807) is 18.0 Å². The molecule has 1 aliphatic heterocycles. The molecule has 0 amide bonds. The molecule has 2 aromatic rings. The van der Waals surface area contributed by atoms with Crippen molar-refractivity contribution in [2.24, 2.45) is 5.41 Å². The number of allylic oxidation sites excluding steroid dienone is 1. The van der Waals surface area contributed by atoms with Crippen LogP contribution < -0.4 is 5.32 Å². The lowest BCUT2D eigenvalue weighted by Gasteiger charge is -2.33. The monoisotopic (exact) mass is 325 g/mol. The minimum Gasteiger partial charge on any atom is -0.468 e. The van der Waals surface area contributed by atoms with Gasteiger partial charge in [0.25, 0.3) is 0 Å². The van der Waals surface area contributed by atoms with Gasteiger partial charge in [0.15, 0.2) is 5.78 Å². The van der Waals surface area contributed by atoms with Crippen LogP contribution in [0.4, 0.5) is 5.69 Å². The van der Waals surface area contributed by atoms with Crippen LogP contribution in [0, 0.1) is 5.41 Å². The van der Waals surface area contributed by atoms with Crippen molar-refractivity contribution in [2.45, 2.75) is 36.8 Å². The van der Waals surface area contributed by atoms with Crippen LogP contribution in [-0.2, 0) is 4.79 Å². The van der Waals surface area contributed by atoms with Crippen LogP contribution in [0.25, 0.3) is 0 Å². The molecule has 1 N–H and O–H groups in total. The first kappa shape index (κ1) is 14.6. The van der Waals surface area contributed by atoms with Crippen LogP contribution in [0.1, 0.15) is 37.7 Å². The quantitative estimate of drug-likeness (QED) is 0.784. The van der Waals surface area contributed by atoms with Crippen molar-refractivity contribution in [1.29, 1.82) is 0 Å². The summed E-state index contributed by atoms with van der Waals surface area (Å²) < 4.78 is 5.66. The predicted molar refractivity (Wildman–Crippen MR) is 92.4 cm³/mol. The number of hydrogen-bond donors (Lipinski definition) is 1. The largest absolute Gasteiger partial charge is 0.468 e. The molecule has 0 radical (unpaired) electrons. The Labute approximate surface area is 140 Å². The lowest BCUT2D eigenvalue weighted by Crippen LogP contribution is -2.29. The van der Waals surface area contributed by atoms with Crippen LogP contribution >= 0.6 is 11.8 Å². The van der Waals surface area contributed by atoms with Crippen molar-refractivity contribution in [2.75, 3.05) is 5.32 Å². The van der Waals surface area contributed by atoms with Gasteiger partial charge in [-0.05, 0) is 36.1 Å². The van der Waals surface area contributed by atoms with Crippen LogP contribution in [0.2, 0.25) is 0 Å². The Kier molecular flexibility index (Phi) is 3.38. The van der Waals surface area contributed by atoms with Gasteiger partial charge >= 0.3 is 0 Å². The molecule has 3 nitrogen and oxygen atoms in total. The van der Waals surface area contributed by atoms with E-state index in [4.69, 9.17) is 4.42 Å². The lowest BCUT2D eigenvalue weighted by molar-refractivity contribution is -0.118. The third-order valence-electron chi connectivity index (χ3n) is 4.40. The molecule has 4 rings (SSSR count). The van der Waals surface area contributed by atoms with Gasteiger partial charge in [0.1, 0.15) is 5.76 Å². The van der Waals surface area contributed by atoms with Gasteiger partial charge in [-0.1, -0.05) is 26.0 Å². The Bertz CT molecular complexity index is 789. The molecule has 0 spiro atoms. The fourth-order valence-corrected chi connectivity index (χ4v) is 4.71. The summed E-state index contributed by atoms with van der Waals surface area (Å²) in [4.78, 5) is 14.0. The van der Waals surface area contributed by atoms with E-state index in [2.05, 4.69) is 31.3 Å². The average molecular weight is 325 g/mol. The summed E-state index contributed by atoms with van der Waals surface area (Å²) in [6, 6.07) is 12.1. The van der Waals surface area contributed by atoms with E-state index in [0.717, 1.165) is 34.0 Å². The predicted octanol–water partition coefficient (Wildman–Crippen LogP) is 5.18. The second kappa shape index (κ2) is 5.31. The minimum absolute atomic E-state index is 0.0133. The van der Waals surface area contributed by atoms with Crippen LogP contribution in [0.15, 0.2) is 63.2 Å². The number of ketones is 1. The van der Waals surface area contributed by atoms with Gasteiger partial charge in [-0.15, -0.1) is 11.8 Å². The van der Waals surface area contributed by atoms with E-state index in [1.807, 2.05) is 24.3 Å². The number of rotatable bonds is 1. The number of Topliss-reactive ketones (excluding diaryl/α,β-unsaturated/α-hetero) is 1. The molecule has 1 aromatic heterocycles. The maximum absolute atomic E-state index is 12.9. The maximum atomic E-state index is 12.9. The molecule has 0 saturated heterocycles. The van der Waals surface area contributed by atoms with Crippen molar-refractivity contribution in [3.63, 3.8) is 0 Å². The third-order valence-corrected chi connectivity index (χ3v) is 5.71. The summed E-state index contributed by atoms with van der Waals surface area (Å²) in [7, 11) is 0. The number of benzene rings is 1. The van der Waals surface area contributed by atoms with Gasteiger partial charge in [0, 0.05) is 22.6 Å². The zero-order valence-electron chi connectivity index (χ0n) is 13.3. The number of para-hydroxylation sites is 1. The van der Waals surface area contributed by atoms with E-state index in [0.29, 0.717) is 6.42 Å². The smallest absolute Gasteiger partial charge is 0.162 e. The summed E-state index contributed by atoms with van der Waals surface area (Å²) >= 11 is 1.69. The first-order valence-electron chi connectivity index (χ1n) is 7.86. The Hall–Kier alpha value is -1.94. The highest BCUT2D eigenvalue weighted by Gasteiger charge is 2.39. The Morgan fingerprint density at radius 3 is 2.78 bits per heavy atom. The summed E-state index contributed by atoms with van der Waals surface area (Å²) in [6.07, 6.45) is 3.14. The molecule has 23 heavy (non-hydrogen) atoms. The number of carbonyl (C=O) groups is 1. The molecule has 2 heterocycles. The highest BCUT2D eigenvalue weighted by atomic mass is 32.2. The third kappa shape index (κ3) is 2.61. The SMILES string of the molecule is CC1(C)CC(=O)C2=C(C1)Nc1ccccc1SC2c1ccco1. The van der Waals surface area contributed by atoms with E-state index >= 15 is 0 Å². The fraction of sp³-hybridized carbons (Fsp3) is 0.316. The van der Waals surface area contributed by atoms with E-state index in [9.17, 15) is 4.79 Å². The number of fused-ring (bicyclic) bond motifs is 1. The Morgan fingerprint density at radius 2 is 2.00 bits per heavy atom. The topological polar surface area (TPSA) is 42.2 Å². The number of anilines is 1. The van der Waals surface area contributed by atoms with Gasteiger partial charge in [-0.25, -0.2) is 0 Å². The fourth-order valence-electron chi connectivity index (χ4n) is 3.41. The second-order valence-electron chi connectivity index (χ2n) is 6.97. The zero-order chi connectivity index (χ0) is 16.0. The van der Waals surface area contributed by atoms with E-state index in [1.165, 1.54) is 0 Å². The number of hydrogen-bond acceptors (Lipinski definition) is 4. The normalized spacial score (nSPS) is 22.9. The highest BCUT2D eigenvalue weighted by Crippen LogP contribution is 2.51.